The largest absolute Gasteiger partial charge is 0.511 e. The second-order valence-corrected chi connectivity index (χ2v) is 7.96. The fraction of sp³-hybridized carbons (Fsp3) is 0.333. The van der Waals surface area contributed by atoms with Gasteiger partial charge in [0, 0.05) is 17.9 Å². The summed E-state index contributed by atoms with van der Waals surface area (Å²) in [6.07, 6.45) is 0.00218. The van der Waals surface area contributed by atoms with Crippen LogP contribution in [0.25, 0.3) is 0 Å². The molecule has 0 fully saturated rings. The number of hydrogen-bond acceptors (Lipinski definition) is 8. The van der Waals surface area contributed by atoms with Gasteiger partial charge in [0.05, 0.1) is 11.1 Å². The first-order valence-corrected chi connectivity index (χ1v) is 9.33. The van der Waals surface area contributed by atoms with E-state index in [0.717, 1.165) is 0 Å². The van der Waals surface area contributed by atoms with Gasteiger partial charge in [-0.15, -0.1) is 0 Å². The highest BCUT2D eigenvalue weighted by molar-refractivity contribution is 6.24. The monoisotopic (exact) mass is 413 g/mol. The summed E-state index contributed by atoms with van der Waals surface area (Å²) in [5, 5.41) is 42.5. The number of carbonyl (C=O) groups excluding carboxylic acids is 4. The Labute approximate surface area is 170 Å². The van der Waals surface area contributed by atoms with Crippen LogP contribution in [0.15, 0.2) is 34.8 Å². The van der Waals surface area contributed by atoms with Crippen LogP contribution in [0.3, 0.4) is 0 Å². The van der Waals surface area contributed by atoms with E-state index < -0.39 is 63.5 Å². The average molecular weight is 413 g/mol. The molecule has 3 aliphatic carbocycles. The fourth-order valence-electron chi connectivity index (χ4n) is 4.88. The molecule has 0 aromatic heterocycles. The zero-order chi connectivity index (χ0) is 22.1. The van der Waals surface area contributed by atoms with Crippen LogP contribution >= 0.6 is 0 Å². The average Bonchev–Trinajstić information content (AvgIpc) is 2.64. The van der Waals surface area contributed by atoms with E-state index in [2.05, 4.69) is 0 Å². The zero-order valence-electron chi connectivity index (χ0n) is 15.9. The Morgan fingerprint density at radius 1 is 1.13 bits per heavy atom. The SMILES string of the molecule is CC(=O)c1ccc2c(c1O)C(=O)C1=C(O)[C@]3(O)C(=O)C(C(N)=O)=C(O)CC3C[C@@H]1C2. The van der Waals surface area contributed by atoms with Crippen molar-refractivity contribution in [1.29, 1.82) is 0 Å². The second-order valence-electron chi connectivity index (χ2n) is 7.96. The van der Waals surface area contributed by atoms with Crippen LogP contribution in [0.2, 0.25) is 0 Å². The molecule has 0 spiro atoms. The van der Waals surface area contributed by atoms with E-state index in [4.69, 9.17) is 5.73 Å². The molecule has 0 heterocycles. The molecule has 1 amide bonds. The number of aromatic hydroxyl groups is 1. The predicted molar refractivity (Wildman–Crippen MR) is 101 cm³/mol. The van der Waals surface area contributed by atoms with Gasteiger partial charge >= 0.3 is 0 Å². The van der Waals surface area contributed by atoms with E-state index in [9.17, 15) is 39.6 Å². The van der Waals surface area contributed by atoms with Gasteiger partial charge in [-0.2, -0.15) is 0 Å². The first kappa shape index (κ1) is 19.8. The Balaban J connectivity index is 1.91. The van der Waals surface area contributed by atoms with E-state index in [1.54, 1.807) is 6.07 Å². The number of nitrogens with two attached hydrogens (primary N) is 1. The van der Waals surface area contributed by atoms with Crippen molar-refractivity contribution >= 4 is 23.3 Å². The molecule has 9 heteroatoms. The highest BCUT2D eigenvalue weighted by Crippen LogP contribution is 2.51. The van der Waals surface area contributed by atoms with E-state index in [1.807, 2.05) is 0 Å². The summed E-state index contributed by atoms with van der Waals surface area (Å²) in [5.74, 6) is -7.36. The van der Waals surface area contributed by atoms with Crippen molar-refractivity contribution in [3.05, 3.63) is 51.5 Å². The number of Topliss-reactive ketones (excluding diaryl/α,β-unsaturated/α-hetero) is 3. The molecule has 1 unspecified atom stereocenters. The molecule has 1 aromatic rings. The number of aliphatic hydroxyl groups excluding tert-OH is 2. The standard InChI is InChI=1S/C21H19NO8/c1-7(23)11-3-2-8-4-9-5-10-6-12(24)15(20(22)29)19(28)21(10,30)18(27)14(9)17(26)13(8)16(11)25/h2-3,9-10,24-25,27,30H,4-6H2,1H3,(H2,22,29)/t9-,10?,21-/m0/s1. The van der Waals surface area contributed by atoms with Gasteiger partial charge in [-0.3, -0.25) is 19.2 Å². The molecule has 156 valence electrons. The third-order valence-electron chi connectivity index (χ3n) is 6.31. The number of amides is 1. The first-order chi connectivity index (χ1) is 14.0. The summed E-state index contributed by atoms with van der Waals surface area (Å²) >= 11 is 0. The number of allylic oxidation sites excluding steroid dienone is 2. The molecule has 0 saturated heterocycles. The third-order valence-corrected chi connectivity index (χ3v) is 6.31. The Morgan fingerprint density at radius 3 is 2.40 bits per heavy atom. The van der Waals surface area contributed by atoms with E-state index in [1.165, 1.54) is 13.0 Å². The molecule has 0 radical (unpaired) electrons. The van der Waals surface area contributed by atoms with Crippen LogP contribution in [0.1, 0.15) is 46.0 Å². The topological polar surface area (TPSA) is 175 Å². The van der Waals surface area contributed by atoms with Crippen LogP contribution in [0.4, 0.5) is 0 Å². The second kappa shape index (κ2) is 6.27. The summed E-state index contributed by atoms with van der Waals surface area (Å²) in [7, 11) is 0. The molecule has 6 N–H and O–H groups in total. The minimum atomic E-state index is -2.59. The van der Waals surface area contributed by atoms with Gasteiger partial charge < -0.3 is 26.2 Å². The van der Waals surface area contributed by atoms with Crippen LogP contribution in [-0.4, -0.2) is 49.3 Å². The number of primary amides is 1. The number of carbonyl (C=O) groups is 4. The van der Waals surface area contributed by atoms with E-state index >= 15 is 0 Å². The molecule has 0 bridgehead atoms. The van der Waals surface area contributed by atoms with Gasteiger partial charge in [0.25, 0.3) is 5.91 Å². The minimum absolute atomic E-state index is 0.0642. The van der Waals surface area contributed by atoms with Gasteiger partial charge in [-0.05, 0) is 37.3 Å². The van der Waals surface area contributed by atoms with Crippen molar-refractivity contribution in [3.8, 4) is 5.75 Å². The summed E-state index contributed by atoms with van der Waals surface area (Å²) in [4.78, 5) is 49.3. The predicted octanol–water partition coefficient (Wildman–Crippen LogP) is 0.783. The minimum Gasteiger partial charge on any atom is -0.511 e. The van der Waals surface area contributed by atoms with Crippen molar-refractivity contribution in [1.82, 2.24) is 0 Å². The van der Waals surface area contributed by atoms with Crippen molar-refractivity contribution in [2.24, 2.45) is 17.6 Å². The summed E-state index contributed by atoms with van der Waals surface area (Å²) in [5.41, 5.74) is 1.72. The van der Waals surface area contributed by atoms with Crippen molar-refractivity contribution < 1.29 is 39.6 Å². The molecular formula is C21H19NO8. The Kier molecular flexibility index (Phi) is 4.14. The summed E-state index contributed by atoms with van der Waals surface area (Å²) < 4.78 is 0. The van der Waals surface area contributed by atoms with Crippen molar-refractivity contribution in [3.63, 3.8) is 0 Å². The summed E-state index contributed by atoms with van der Waals surface area (Å²) in [6.45, 7) is 1.23. The number of aliphatic hydroxyl groups is 3. The van der Waals surface area contributed by atoms with E-state index in [0.29, 0.717) is 5.56 Å². The smallest absolute Gasteiger partial charge is 0.255 e. The number of ketones is 3. The fourth-order valence-corrected chi connectivity index (χ4v) is 4.88. The maximum absolute atomic E-state index is 13.2. The molecule has 9 nitrogen and oxygen atoms in total. The number of phenolic OH excluding ortho intramolecular Hbond substituents is 1. The molecule has 1 aromatic carbocycles. The lowest BCUT2D eigenvalue weighted by Gasteiger charge is -2.45. The van der Waals surface area contributed by atoms with Gasteiger partial charge in [0.1, 0.15) is 22.8 Å². The lowest BCUT2D eigenvalue weighted by Crippen LogP contribution is -2.57. The normalized spacial score (nSPS) is 28.1. The van der Waals surface area contributed by atoms with Gasteiger partial charge in [0.2, 0.25) is 5.78 Å². The lowest BCUT2D eigenvalue weighted by atomic mass is 9.60. The molecule has 3 aliphatic rings. The highest BCUT2D eigenvalue weighted by atomic mass is 16.3. The van der Waals surface area contributed by atoms with Crippen molar-refractivity contribution in [2.75, 3.05) is 0 Å². The Hall–Kier alpha value is -3.46. The zero-order valence-corrected chi connectivity index (χ0v) is 15.9. The van der Waals surface area contributed by atoms with Crippen LogP contribution < -0.4 is 5.73 Å². The lowest BCUT2D eigenvalue weighted by molar-refractivity contribution is -0.144. The number of phenols is 1. The molecule has 0 aliphatic heterocycles. The Bertz CT molecular complexity index is 1130. The van der Waals surface area contributed by atoms with Crippen molar-refractivity contribution in [2.45, 2.75) is 31.8 Å². The molecule has 4 rings (SSSR count). The van der Waals surface area contributed by atoms with E-state index in [-0.39, 0.29) is 36.0 Å². The van der Waals surface area contributed by atoms with Crippen LogP contribution in [0.5, 0.6) is 5.75 Å². The van der Waals surface area contributed by atoms with Crippen LogP contribution in [0, 0.1) is 11.8 Å². The number of hydrogen-bond donors (Lipinski definition) is 5. The molecule has 3 atom stereocenters. The molecule has 30 heavy (non-hydrogen) atoms. The molecular weight excluding hydrogens is 394 g/mol. The van der Waals surface area contributed by atoms with Gasteiger partial charge in [0.15, 0.2) is 17.2 Å². The maximum atomic E-state index is 13.2. The first-order valence-electron chi connectivity index (χ1n) is 9.33. The third kappa shape index (κ3) is 2.38. The highest BCUT2D eigenvalue weighted by Gasteiger charge is 2.59. The number of rotatable bonds is 2. The van der Waals surface area contributed by atoms with Gasteiger partial charge in [-0.25, -0.2) is 0 Å². The Morgan fingerprint density at radius 2 is 1.80 bits per heavy atom. The quantitative estimate of drug-likeness (QED) is 0.349. The number of benzene rings is 1. The van der Waals surface area contributed by atoms with Gasteiger partial charge in [-0.1, -0.05) is 6.07 Å². The number of fused-ring (bicyclic) bond motifs is 3. The summed E-state index contributed by atoms with van der Waals surface area (Å²) in [6, 6.07) is 2.96. The maximum Gasteiger partial charge on any atom is 0.255 e. The van der Waals surface area contributed by atoms with Crippen LogP contribution in [-0.2, 0) is 16.0 Å². The molecule has 0 saturated carbocycles.